The fourth-order valence-electron chi connectivity index (χ4n) is 1.25. The number of ketones is 3. The van der Waals surface area contributed by atoms with Gasteiger partial charge in [0.1, 0.15) is 36.6 Å². The number of aliphatic hydroxyl groups excluding tert-OH is 1. The molecule has 0 radical (unpaired) electrons. The number of esters is 3. The Balaban J connectivity index is -0.000000104. The molecule has 0 aliphatic rings. The minimum atomic E-state index is -0.440. The molecule has 0 aliphatic carbocycles. The molecule has 0 aromatic heterocycles. The summed E-state index contributed by atoms with van der Waals surface area (Å²) in [7, 11) is 0. The maximum absolute atomic E-state index is 10.4. The van der Waals surface area contributed by atoms with Crippen molar-refractivity contribution >= 4 is 35.3 Å². The molecule has 0 bridgehead atoms. The van der Waals surface area contributed by atoms with Crippen molar-refractivity contribution in [3.05, 3.63) is 0 Å². The fourth-order valence-corrected chi connectivity index (χ4v) is 1.25. The molecule has 0 amide bonds. The van der Waals surface area contributed by atoms with Crippen LogP contribution in [0.5, 0.6) is 0 Å². The summed E-state index contributed by atoms with van der Waals surface area (Å²) in [4.78, 5) is 61.9. The molecule has 11 heteroatoms. The van der Waals surface area contributed by atoms with Crippen molar-refractivity contribution < 1.29 is 69.8 Å². The molecule has 0 rings (SSSR count). The smallest absolute Gasteiger partial charge is 0.313 e. The van der Waals surface area contributed by atoms with E-state index in [2.05, 4.69) is 14.2 Å². The summed E-state index contributed by atoms with van der Waals surface area (Å²) in [5.74, 6) is -1.80. The van der Waals surface area contributed by atoms with Gasteiger partial charge in [-0.05, 0) is 55.4 Å². The molecular weight excluding hydrogens is 460 g/mol. The van der Waals surface area contributed by atoms with E-state index in [-0.39, 0.29) is 64.4 Å². The van der Waals surface area contributed by atoms with E-state index in [1.54, 1.807) is 34.6 Å². The van der Waals surface area contributed by atoms with Gasteiger partial charge >= 0.3 is 17.9 Å². The van der Waals surface area contributed by atoms with E-state index in [9.17, 15) is 28.8 Å². The molecular formula is C21H38O10Ti. The van der Waals surface area contributed by atoms with Gasteiger partial charge in [0, 0.05) is 27.8 Å². The van der Waals surface area contributed by atoms with Crippen LogP contribution in [0.25, 0.3) is 0 Å². The standard InChI is InChI=1S/3C6H10O3.C3H8O.Ti/c3*1-3-9-6(8)4-5(2)7;1-3(2)4;/h3*3-4H2,1-2H3;3-4H,1-2H3;. The predicted molar refractivity (Wildman–Crippen MR) is 113 cm³/mol. The summed E-state index contributed by atoms with van der Waals surface area (Å²) in [5.41, 5.74) is 0. The number of carbonyl (C=O) groups is 6. The second-order valence-corrected chi connectivity index (χ2v) is 6.15. The number of rotatable bonds is 9. The van der Waals surface area contributed by atoms with Gasteiger partial charge < -0.3 is 19.3 Å². The van der Waals surface area contributed by atoms with Gasteiger partial charge in [0.15, 0.2) is 0 Å². The molecule has 10 nitrogen and oxygen atoms in total. The van der Waals surface area contributed by atoms with Crippen molar-refractivity contribution in [2.75, 3.05) is 19.8 Å². The minimum absolute atomic E-state index is 0. The third-order valence-corrected chi connectivity index (χ3v) is 2.10. The number of carbonyl (C=O) groups excluding carboxylic acids is 6. The Kier molecular flexibility index (Phi) is 36.8. The predicted octanol–water partition coefficient (Wildman–Crippen LogP) is 1.97. The molecule has 32 heavy (non-hydrogen) atoms. The van der Waals surface area contributed by atoms with Crippen LogP contribution in [0.1, 0.15) is 74.7 Å². The van der Waals surface area contributed by atoms with Gasteiger partial charge in [0.2, 0.25) is 0 Å². The first-order valence-corrected chi connectivity index (χ1v) is 9.86. The SMILES string of the molecule is CC(C)O.CCOC(=O)CC(C)=O.CCOC(=O)CC(C)=O.CCOC(=O)CC(C)=O.[Ti]. The number of hydrogen-bond donors (Lipinski definition) is 1. The fraction of sp³-hybridized carbons (Fsp3) is 0.714. The van der Waals surface area contributed by atoms with E-state index >= 15 is 0 Å². The molecule has 0 aliphatic heterocycles. The normalized spacial score (nSPS) is 8.44. The molecule has 0 aromatic rings. The second-order valence-electron chi connectivity index (χ2n) is 6.15. The third-order valence-electron chi connectivity index (χ3n) is 2.10. The zero-order valence-electron chi connectivity index (χ0n) is 20.4. The Hall–Kier alpha value is -1.91. The number of Topliss-reactive ketones (excluding diaryl/α,β-unsaturated/α-hetero) is 3. The van der Waals surface area contributed by atoms with E-state index < -0.39 is 17.9 Å². The topological polar surface area (TPSA) is 150 Å². The maximum Gasteiger partial charge on any atom is 0.313 e. The van der Waals surface area contributed by atoms with E-state index in [0.717, 1.165) is 0 Å². The Labute approximate surface area is 205 Å². The van der Waals surface area contributed by atoms with Crippen LogP contribution in [-0.4, -0.2) is 66.3 Å². The van der Waals surface area contributed by atoms with Gasteiger partial charge in [-0.1, -0.05) is 0 Å². The van der Waals surface area contributed by atoms with Crippen LogP contribution in [0.15, 0.2) is 0 Å². The molecule has 0 heterocycles. The molecule has 0 atom stereocenters. The van der Waals surface area contributed by atoms with Gasteiger partial charge in [-0.2, -0.15) is 0 Å². The first-order chi connectivity index (χ1) is 14.2. The van der Waals surface area contributed by atoms with E-state index in [4.69, 9.17) is 5.11 Å². The maximum atomic E-state index is 10.4. The van der Waals surface area contributed by atoms with Crippen LogP contribution in [-0.2, 0) is 64.7 Å². The van der Waals surface area contributed by atoms with E-state index in [1.807, 2.05) is 0 Å². The average molecular weight is 498 g/mol. The summed E-state index contributed by atoms with van der Waals surface area (Å²) in [6.45, 7) is 13.7. The molecule has 0 spiro atoms. The Bertz CT molecular complexity index is 471. The first kappa shape index (κ1) is 40.5. The third kappa shape index (κ3) is 56.6. The first-order valence-electron chi connectivity index (χ1n) is 9.86. The van der Waals surface area contributed by atoms with Crippen LogP contribution in [0, 0.1) is 0 Å². The van der Waals surface area contributed by atoms with E-state index in [0.29, 0.717) is 19.8 Å². The summed E-state index contributed by atoms with van der Waals surface area (Å²) in [5, 5.41) is 8.06. The molecule has 0 unspecified atom stereocenters. The largest absolute Gasteiger partial charge is 0.466 e. The van der Waals surface area contributed by atoms with Crippen molar-refractivity contribution in [1.29, 1.82) is 0 Å². The van der Waals surface area contributed by atoms with Crippen molar-refractivity contribution in [2.24, 2.45) is 0 Å². The van der Waals surface area contributed by atoms with Crippen molar-refractivity contribution in [2.45, 2.75) is 80.8 Å². The van der Waals surface area contributed by atoms with Gasteiger partial charge in [0.25, 0.3) is 0 Å². The van der Waals surface area contributed by atoms with Gasteiger partial charge in [-0.15, -0.1) is 0 Å². The monoisotopic (exact) mass is 498 g/mol. The summed E-state index contributed by atoms with van der Waals surface area (Å²) in [6.07, 6.45) is -0.477. The average Bonchev–Trinajstić information content (AvgIpc) is 2.53. The van der Waals surface area contributed by atoms with Gasteiger partial charge in [-0.25, -0.2) is 0 Å². The Morgan fingerprint density at radius 1 is 0.594 bits per heavy atom. The number of aliphatic hydroxyl groups is 1. The minimum Gasteiger partial charge on any atom is -0.466 e. The molecule has 0 saturated heterocycles. The van der Waals surface area contributed by atoms with Crippen molar-refractivity contribution in [3.63, 3.8) is 0 Å². The second kappa shape index (κ2) is 29.1. The Morgan fingerprint density at radius 2 is 0.750 bits per heavy atom. The molecule has 0 fully saturated rings. The van der Waals surface area contributed by atoms with Crippen LogP contribution >= 0.6 is 0 Å². The van der Waals surface area contributed by atoms with E-state index in [1.165, 1.54) is 20.8 Å². The van der Waals surface area contributed by atoms with Crippen molar-refractivity contribution in [1.82, 2.24) is 0 Å². The van der Waals surface area contributed by atoms with Crippen molar-refractivity contribution in [3.8, 4) is 0 Å². The van der Waals surface area contributed by atoms with Crippen LogP contribution in [0.4, 0.5) is 0 Å². The zero-order valence-corrected chi connectivity index (χ0v) is 22.0. The molecule has 0 aromatic carbocycles. The van der Waals surface area contributed by atoms with Gasteiger partial charge in [0.05, 0.1) is 19.8 Å². The molecule has 186 valence electrons. The van der Waals surface area contributed by atoms with Crippen LogP contribution in [0.2, 0.25) is 0 Å². The molecule has 0 saturated carbocycles. The summed E-state index contributed by atoms with van der Waals surface area (Å²) >= 11 is 0. The molecule has 1 N–H and O–H groups in total. The Morgan fingerprint density at radius 3 is 0.844 bits per heavy atom. The van der Waals surface area contributed by atoms with Crippen LogP contribution < -0.4 is 0 Å². The van der Waals surface area contributed by atoms with Gasteiger partial charge in [-0.3, -0.25) is 28.8 Å². The number of ether oxygens (including phenoxy) is 3. The zero-order chi connectivity index (χ0) is 25.4. The quantitative estimate of drug-likeness (QED) is 0.216. The summed E-state index contributed by atoms with van der Waals surface area (Å²) in [6, 6.07) is 0. The number of hydrogen-bond acceptors (Lipinski definition) is 10. The van der Waals surface area contributed by atoms with Crippen LogP contribution in [0.3, 0.4) is 0 Å². The summed E-state index contributed by atoms with van der Waals surface area (Å²) < 4.78 is 13.5.